The Morgan fingerprint density at radius 2 is 2.07 bits per heavy atom. The molecule has 5 heteroatoms. The van der Waals surface area contributed by atoms with Crippen molar-refractivity contribution >= 4 is 11.8 Å². The van der Waals surface area contributed by atoms with Gasteiger partial charge in [-0.25, -0.2) is 8.78 Å². The van der Waals surface area contributed by atoms with E-state index >= 15 is 0 Å². The van der Waals surface area contributed by atoms with Crippen molar-refractivity contribution in [2.75, 3.05) is 12.4 Å². The van der Waals surface area contributed by atoms with Crippen LogP contribution in [0.5, 0.6) is 0 Å². The van der Waals surface area contributed by atoms with E-state index in [-0.39, 0.29) is 17.9 Å². The number of hydrogen-bond acceptors (Lipinski definition) is 3. The second kappa shape index (κ2) is 6.05. The molecule has 2 N–H and O–H groups in total. The second-order valence-electron chi connectivity index (χ2n) is 3.09. The minimum absolute atomic E-state index is 0.269. The van der Waals surface area contributed by atoms with Gasteiger partial charge in [0.1, 0.15) is 11.6 Å². The molecular weight excluding hydrogens is 222 g/mol. The largest absolute Gasteiger partial charge is 0.394 e. The lowest BCUT2D eigenvalue weighted by atomic mass is 10.2. The van der Waals surface area contributed by atoms with Crippen LogP contribution in [0.25, 0.3) is 0 Å². The highest BCUT2D eigenvalue weighted by atomic mass is 32.2. The molecule has 0 spiro atoms. The Hall–Kier alpha value is -0.650. The molecule has 0 aromatic heterocycles. The number of benzene rings is 1. The summed E-state index contributed by atoms with van der Waals surface area (Å²) in [7, 11) is 0. The maximum absolute atomic E-state index is 13.1. The van der Waals surface area contributed by atoms with Crippen molar-refractivity contribution in [3.05, 3.63) is 35.4 Å². The minimum atomic E-state index is -0.813. The number of aliphatic hydroxyl groups excluding tert-OH is 2. The monoisotopic (exact) mass is 234 g/mol. The molecule has 1 unspecified atom stereocenters. The van der Waals surface area contributed by atoms with Crippen LogP contribution < -0.4 is 0 Å². The second-order valence-corrected chi connectivity index (χ2v) is 4.12. The highest BCUT2D eigenvalue weighted by Crippen LogP contribution is 2.17. The molecule has 1 atom stereocenters. The number of aliphatic hydroxyl groups is 2. The zero-order valence-electron chi connectivity index (χ0n) is 7.99. The average Bonchev–Trinajstić information content (AvgIpc) is 2.23. The Morgan fingerprint density at radius 3 is 2.73 bits per heavy atom. The summed E-state index contributed by atoms with van der Waals surface area (Å²) in [5.74, 6) is -0.357. The van der Waals surface area contributed by atoms with Gasteiger partial charge in [0.05, 0.1) is 12.7 Å². The van der Waals surface area contributed by atoms with Crippen molar-refractivity contribution in [1.29, 1.82) is 0 Å². The van der Waals surface area contributed by atoms with Gasteiger partial charge in [-0.05, 0) is 18.2 Å². The van der Waals surface area contributed by atoms with Gasteiger partial charge >= 0.3 is 0 Å². The molecule has 0 saturated carbocycles. The van der Waals surface area contributed by atoms with Crippen LogP contribution in [0.4, 0.5) is 8.78 Å². The van der Waals surface area contributed by atoms with Gasteiger partial charge in [0.15, 0.2) is 0 Å². The van der Waals surface area contributed by atoms with Gasteiger partial charge in [-0.2, -0.15) is 11.8 Å². The molecule has 84 valence electrons. The van der Waals surface area contributed by atoms with E-state index in [1.807, 2.05) is 0 Å². The molecule has 2 nitrogen and oxygen atoms in total. The van der Waals surface area contributed by atoms with Crippen molar-refractivity contribution in [1.82, 2.24) is 0 Å². The molecule has 0 radical (unpaired) electrons. The number of thioether (sulfide) groups is 1. The van der Waals surface area contributed by atoms with E-state index in [0.717, 1.165) is 18.2 Å². The van der Waals surface area contributed by atoms with Crippen molar-refractivity contribution in [3.8, 4) is 0 Å². The van der Waals surface area contributed by atoms with Gasteiger partial charge in [0.2, 0.25) is 0 Å². The van der Waals surface area contributed by atoms with Gasteiger partial charge in [0, 0.05) is 17.1 Å². The van der Waals surface area contributed by atoms with E-state index in [1.165, 1.54) is 11.8 Å². The van der Waals surface area contributed by atoms with Crippen LogP contribution in [0.1, 0.15) is 5.56 Å². The molecule has 0 bridgehead atoms. The van der Waals surface area contributed by atoms with Gasteiger partial charge < -0.3 is 10.2 Å². The topological polar surface area (TPSA) is 40.5 Å². The maximum Gasteiger partial charge on any atom is 0.127 e. The molecule has 0 aliphatic rings. The summed E-state index contributed by atoms with van der Waals surface area (Å²) in [6, 6.07) is 3.27. The molecule has 1 aromatic carbocycles. The third-order valence-corrected chi connectivity index (χ3v) is 2.92. The standard InChI is InChI=1S/C10H12F2O2S/c11-8-1-2-10(12)7(3-8)5-15-6-9(14)4-13/h1-3,9,13-14H,4-6H2. The average molecular weight is 234 g/mol. The molecule has 15 heavy (non-hydrogen) atoms. The molecule has 0 aliphatic carbocycles. The van der Waals surface area contributed by atoms with E-state index in [1.54, 1.807) is 0 Å². The molecule has 1 rings (SSSR count). The molecule has 0 saturated heterocycles. The molecule has 0 fully saturated rings. The van der Waals surface area contributed by atoms with Crippen LogP contribution >= 0.6 is 11.8 Å². The summed E-state index contributed by atoms with van der Waals surface area (Å²) >= 11 is 1.25. The predicted molar refractivity (Wildman–Crippen MR) is 55.6 cm³/mol. The van der Waals surface area contributed by atoms with Crippen molar-refractivity contribution in [3.63, 3.8) is 0 Å². The lowest BCUT2D eigenvalue weighted by Gasteiger charge is -2.07. The third-order valence-electron chi connectivity index (χ3n) is 1.79. The predicted octanol–water partition coefficient (Wildman–Crippen LogP) is 1.55. The molecule has 0 amide bonds. The SMILES string of the molecule is OCC(O)CSCc1cc(F)ccc1F. The summed E-state index contributed by atoms with van der Waals surface area (Å²) < 4.78 is 25.8. The number of hydrogen-bond donors (Lipinski definition) is 2. The zero-order valence-corrected chi connectivity index (χ0v) is 8.81. The van der Waals surface area contributed by atoms with Gasteiger partial charge in [-0.3, -0.25) is 0 Å². The van der Waals surface area contributed by atoms with E-state index in [4.69, 9.17) is 10.2 Å². The fraction of sp³-hybridized carbons (Fsp3) is 0.400. The van der Waals surface area contributed by atoms with Crippen LogP contribution in [0.15, 0.2) is 18.2 Å². The van der Waals surface area contributed by atoms with E-state index in [2.05, 4.69) is 0 Å². The highest BCUT2D eigenvalue weighted by molar-refractivity contribution is 7.98. The third kappa shape index (κ3) is 4.15. The Balaban J connectivity index is 2.46. The Morgan fingerprint density at radius 1 is 1.33 bits per heavy atom. The van der Waals surface area contributed by atoms with Crippen molar-refractivity contribution < 1.29 is 19.0 Å². The molecular formula is C10H12F2O2S. The van der Waals surface area contributed by atoms with E-state index in [9.17, 15) is 8.78 Å². The van der Waals surface area contributed by atoms with Crippen LogP contribution in [-0.4, -0.2) is 28.7 Å². The van der Waals surface area contributed by atoms with Crippen LogP contribution in [0, 0.1) is 11.6 Å². The Labute approximate surface area is 90.9 Å². The Kier molecular flexibility index (Phi) is 5.01. The fourth-order valence-electron chi connectivity index (χ4n) is 1.01. The zero-order chi connectivity index (χ0) is 11.3. The van der Waals surface area contributed by atoms with E-state index in [0.29, 0.717) is 5.75 Å². The van der Waals surface area contributed by atoms with Gasteiger partial charge in [-0.1, -0.05) is 0 Å². The minimum Gasteiger partial charge on any atom is -0.394 e. The first-order valence-electron chi connectivity index (χ1n) is 4.44. The summed E-state index contributed by atoms with van der Waals surface area (Å²) in [6.45, 7) is -0.321. The van der Waals surface area contributed by atoms with Crippen LogP contribution in [-0.2, 0) is 5.75 Å². The lowest BCUT2D eigenvalue weighted by Crippen LogP contribution is -2.14. The van der Waals surface area contributed by atoms with Crippen molar-refractivity contribution in [2.45, 2.75) is 11.9 Å². The van der Waals surface area contributed by atoms with Crippen LogP contribution in [0.3, 0.4) is 0 Å². The smallest absolute Gasteiger partial charge is 0.127 e. The Bertz CT molecular complexity index is 320. The summed E-state index contributed by atoms with van der Waals surface area (Å²) in [5, 5.41) is 17.6. The molecule has 1 aromatic rings. The summed E-state index contributed by atoms with van der Waals surface area (Å²) in [6.07, 6.45) is -0.813. The summed E-state index contributed by atoms with van der Waals surface area (Å²) in [5.41, 5.74) is 0.269. The first kappa shape index (κ1) is 12.4. The lowest BCUT2D eigenvalue weighted by molar-refractivity contribution is 0.113. The quantitative estimate of drug-likeness (QED) is 0.812. The van der Waals surface area contributed by atoms with Crippen molar-refractivity contribution in [2.24, 2.45) is 0 Å². The van der Waals surface area contributed by atoms with Gasteiger partial charge in [-0.15, -0.1) is 0 Å². The summed E-state index contributed by atoms with van der Waals surface area (Å²) in [4.78, 5) is 0. The first-order valence-corrected chi connectivity index (χ1v) is 5.59. The normalized spacial score (nSPS) is 12.8. The van der Waals surface area contributed by atoms with Gasteiger partial charge in [0.25, 0.3) is 0 Å². The number of halogens is 2. The maximum atomic E-state index is 13.1. The highest BCUT2D eigenvalue weighted by Gasteiger charge is 2.06. The first-order chi connectivity index (χ1) is 7.13. The molecule has 0 aliphatic heterocycles. The van der Waals surface area contributed by atoms with Crippen LogP contribution in [0.2, 0.25) is 0 Å². The van der Waals surface area contributed by atoms with E-state index < -0.39 is 17.7 Å². The number of rotatable bonds is 5. The fourth-order valence-corrected chi connectivity index (χ4v) is 1.95. The molecule has 0 heterocycles.